The molecule has 108 valence electrons. The molecule has 0 unspecified atom stereocenters. The second-order valence-electron chi connectivity index (χ2n) is 5.33. The van der Waals surface area contributed by atoms with Gasteiger partial charge in [0.05, 0.1) is 11.7 Å². The van der Waals surface area contributed by atoms with Crippen molar-refractivity contribution in [1.29, 1.82) is 0 Å². The average molecular weight is 283 g/mol. The number of carbonyl (C=O) groups excluding carboxylic acids is 1. The van der Waals surface area contributed by atoms with Gasteiger partial charge in [-0.1, -0.05) is 11.2 Å². The fourth-order valence-corrected chi connectivity index (χ4v) is 2.39. The Hall–Kier alpha value is -2.56. The predicted molar refractivity (Wildman–Crippen MR) is 80.2 cm³/mol. The Morgan fingerprint density at radius 1 is 1.29 bits per heavy atom. The zero-order valence-corrected chi connectivity index (χ0v) is 12.2. The van der Waals surface area contributed by atoms with E-state index >= 15 is 0 Å². The Balaban J connectivity index is 1.79. The molecule has 1 aromatic carbocycles. The van der Waals surface area contributed by atoms with Crippen LogP contribution in [0.1, 0.15) is 40.5 Å². The summed E-state index contributed by atoms with van der Waals surface area (Å²) < 4.78 is 4.97. The van der Waals surface area contributed by atoms with E-state index in [9.17, 15) is 4.79 Å². The lowest BCUT2D eigenvalue weighted by atomic mass is 10.1. The molecule has 0 spiro atoms. The summed E-state index contributed by atoms with van der Waals surface area (Å²) in [5, 5.41) is 7.78. The Morgan fingerprint density at radius 3 is 2.81 bits per heavy atom. The lowest BCUT2D eigenvalue weighted by Crippen LogP contribution is -2.26. The number of aromatic nitrogens is 2. The van der Waals surface area contributed by atoms with Crippen LogP contribution in [0.25, 0.3) is 10.9 Å². The van der Waals surface area contributed by atoms with Gasteiger partial charge in [-0.05, 0) is 49.9 Å². The van der Waals surface area contributed by atoms with Crippen LogP contribution in [0, 0.1) is 13.8 Å². The molecule has 5 heteroatoms. The predicted octanol–water partition coefficient (Wildman–Crippen LogP) is 3.26. The van der Waals surface area contributed by atoms with E-state index in [4.69, 9.17) is 4.52 Å². The van der Waals surface area contributed by atoms with Gasteiger partial charge in [-0.3, -0.25) is 4.79 Å². The van der Waals surface area contributed by atoms with Gasteiger partial charge in [0.2, 0.25) is 5.76 Å². The number of nitrogens with one attached hydrogen (secondary N) is 2. The molecule has 2 N–H and O–H groups in total. The number of amides is 1. The quantitative estimate of drug-likeness (QED) is 0.775. The number of aryl methyl sites for hydroxylation is 2. The molecule has 5 nitrogen and oxygen atoms in total. The van der Waals surface area contributed by atoms with Crippen LogP contribution in [-0.2, 0) is 0 Å². The minimum atomic E-state index is -0.256. The van der Waals surface area contributed by atoms with Gasteiger partial charge in [-0.15, -0.1) is 0 Å². The van der Waals surface area contributed by atoms with Gasteiger partial charge in [0.15, 0.2) is 0 Å². The molecule has 2 aromatic heterocycles. The van der Waals surface area contributed by atoms with Gasteiger partial charge in [-0.2, -0.15) is 0 Å². The molecule has 0 saturated carbocycles. The van der Waals surface area contributed by atoms with E-state index in [-0.39, 0.29) is 17.7 Å². The van der Waals surface area contributed by atoms with Crippen LogP contribution in [0.5, 0.6) is 0 Å². The Kier molecular flexibility index (Phi) is 3.25. The molecule has 0 aliphatic heterocycles. The van der Waals surface area contributed by atoms with E-state index in [1.807, 2.05) is 26.0 Å². The van der Waals surface area contributed by atoms with Crippen LogP contribution < -0.4 is 5.32 Å². The third-order valence-electron chi connectivity index (χ3n) is 3.48. The largest absolute Gasteiger partial charge is 0.359 e. The zero-order valence-electron chi connectivity index (χ0n) is 12.2. The third kappa shape index (κ3) is 2.67. The van der Waals surface area contributed by atoms with Crippen LogP contribution in [0.15, 0.2) is 34.9 Å². The van der Waals surface area contributed by atoms with Crippen molar-refractivity contribution in [3.8, 4) is 0 Å². The fourth-order valence-electron chi connectivity index (χ4n) is 2.39. The van der Waals surface area contributed by atoms with Crippen LogP contribution >= 0.6 is 0 Å². The summed E-state index contributed by atoms with van der Waals surface area (Å²) in [6, 6.07) is 9.72. The number of hydrogen-bond donors (Lipinski definition) is 2. The Morgan fingerprint density at radius 2 is 2.10 bits per heavy atom. The maximum atomic E-state index is 12.1. The molecule has 21 heavy (non-hydrogen) atoms. The molecule has 2 heterocycles. The van der Waals surface area contributed by atoms with Crippen molar-refractivity contribution in [3.05, 3.63) is 53.0 Å². The van der Waals surface area contributed by atoms with Crippen molar-refractivity contribution < 1.29 is 9.32 Å². The number of H-pyrrole nitrogens is 1. The molecule has 1 amide bonds. The molecule has 3 rings (SSSR count). The summed E-state index contributed by atoms with van der Waals surface area (Å²) in [7, 11) is 0. The summed E-state index contributed by atoms with van der Waals surface area (Å²) in [4.78, 5) is 15.3. The molecule has 0 fully saturated rings. The third-order valence-corrected chi connectivity index (χ3v) is 3.48. The number of aromatic amines is 1. The number of nitrogens with zero attached hydrogens (tertiary/aromatic N) is 1. The monoisotopic (exact) mass is 283 g/mol. The highest BCUT2D eigenvalue weighted by Gasteiger charge is 2.15. The standard InChI is InChI=1S/C16H17N3O2/c1-9-6-13-8-12(4-5-14(13)17-9)11(3)18-16(20)15-7-10(2)19-21-15/h4-8,11,17H,1-3H3,(H,18,20)/t11-/m0/s1. The van der Waals surface area contributed by atoms with Gasteiger partial charge in [0.1, 0.15) is 0 Å². The molecule has 0 aliphatic rings. The highest BCUT2D eigenvalue weighted by atomic mass is 16.5. The molecular formula is C16H17N3O2. The van der Waals surface area contributed by atoms with E-state index in [1.54, 1.807) is 13.0 Å². The Labute approximate surface area is 122 Å². The fraction of sp³-hybridized carbons (Fsp3) is 0.250. The summed E-state index contributed by atoms with van der Waals surface area (Å²) in [6.07, 6.45) is 0. The summed E-state index contributed by atoms with van der Waals surface area (Å²) in [5.74, 6) is -0.0219. The van der Waals surface area contributed by atoms with Crippen LogP contribution in [0.3, 0.4) is 0 Å². The minimum absolute atomic E-state index is 0.109. The summed E-state index contributed by atoms with van der Waals surface area (Å²) in [5.41, 5.74) is 3.96. The van der Waals surface area contributed by atoms with Gasteiger partial charge >= 0.3 is 0 Å². The molecule has 0 bridgehead atoms. The van der Waals surface area contributed by atoms with E-state index in [1.165, 1.54) is 0 Å². The number of fused-ring (bicyclic) bond motifs is 1. The highest BCUT2D eigenvalue weighted by Crippen LogP contribution is 2.21. The van der Waals surface area contributed by atoms with Gasteiger partial charge < -0.3 is 14.8 Å². The van der Waals surface area contributed by atoms with Crippen molar-refractivity contribution in [2.75, 3.05) is 0 Å². The van der Waals surface area contributed by atoms with Crippen molar-refractivity contribution in [1.82, 2.24) is 15.5 Å². The first kappa shape index (κ1) is 13.4. The van der Waals surface area contributed by atoms with Crippen molar-refractivity contribution in [2.45, 2.75) is 26.8 Å². The first-order valence-electron chi connectivity index (χ1n) is 6.86. The molecular weight excluding hydrogens is 266 g/mol. The first-order chi connectivity index (χ1) is 10.0. The molecule has 0 radical (unpaired) electrons. The van der Waals surface area contributed by atoms with Crippen molar-refractivity contribution >= 4 is 16.8 Å². The first-order valence-corrected chi connectivity index (χ1v) is 6.86. The lowest BCUT2D eigenvalue weighted by Gasteiger charge is -2.13. The SMILES string of the molecule is Cc1cc(C(=O)N[C@@H](C)c2ccc3[nH]c(C)cc3c2)on1. The maximum Gasteiger partial charge on any atom is 0.290 e. The lowest BCUT2D eigenvalue weighted by molar-refractivity contribution is 0.0902. The smallest absolute Gasteiger partial charge is 0.290 e. The van der Waals surface area contributed by atoms with Crippen LogP contribution in [-0.4, -0.2) is 16.0 Å². The summed E-state index contributed by atoms with van der Waals surface area (Å²) in [6.45, 7) is 5.75. The number of benzene rings is 1. The van der Waals surface area contributed by atoms with Gasteiger partial charge in [0.25, 0.3) is 5.91 Å². The second kappa shape index (κ2) is 5.09. The van der Waals surface area contributed by atoms with Gasteiger partial charge in [0, 0.05) is 17.3 Å². The van der Waals surface area contributed by atoms with Gasteiger partial charge in [-0.25, -0.2) is 0 Å². The highest BCUT2D eigenvalue weighted by molar-refractivity contribution is 5.91. The Bertz CT molecular complexity index is 801. The van der Waals surface area contributed by atoms with E-state index in [0.717, 1.165) is 22.2 Å². The molecule has 0 aliphatic carbocycles. The van der Waals surface area contributed by atoms with Crippen molar-refractivity contribution in [2.24, 2.45) is 0 Å². The molecule has 0 saturated heterocycles. The van der Waals surface area contributed by atoms with E-state index in [0.29, 0.717) is 5.69 Å². The normalized spacial score (nSPS) is 12.5. The van der Waals surface area contributed by atoms with E-state index < -0.39 is 0 Å². The average Bonchev–Trinajstić information content (AvgIpc) is 3.02. The zero-order chi connectivity index (χ0) is 15.0. The van der Waals surface area contributed by atoms with Crippen LogP contribution in [0.4, 0.5) is 0 Å². The molecule has 1 atom stereocenters. The number of hydrogen-bond acceptors (Lipinski definition) is 3. The maximum absolute atomic E-state index is 12.1. The second-order valence-corrected chi connectivity index (χ2v) is 5.33. The molecule has 3 aromatic rings. The van der Waals surface area contributed by atoms with E-state index in [2.05, 4.69) is 27.6 Å². The topological polar surface area (TPSA) is 70.9 Å². The summed E-state index contributed by atoms with van der Waals surface area (Å²) >= 11 is 0. The van der Waals surface area contributed by atoms with Crippen LogP contribution in [0.2, 0.25) is 0 Å². The number of carbonyl (C=O) groups is 1. The number of rotatable bonds is 3. The minimum Gasteiger partial charge on any atom is -0.359 e. The van der Waals surface area contributed by atoms with Crippen molar-refractivity contribution in [3.63, 3.8) is 0 Å².